The van der Waals surface area contributed by atoms with Gasteiger partial charge in [-0.1, -0.05) is 48.5 Å². The van der Waals surface area contributed by atoms with Crippen LogP contribution in [-0.2, 0) is 9.84 Å². The van der Waals surface area contributed by atoms with Crippen molar-refractivity contribution in [1.29, 1.82) is 0 Å². The Balaban J connectivity index is 1.81. The van der Waals surface area contributed by atoms with Gasteiger partial charge < -0.3 is 9.72 Å². The second-order valence-electron chi connectivity index (χ2n) is 7.36. The molecule has 0 unspecified atom stereocenters. The molecule has 3 aromatic carbocycles. The molecule has 0 fully saturated rings. The van der Waals surface area contributed by atoms with Crippen molar-refractivity contribution in [2.24, 2.45) is 0 Å². The molecule has 0 saturated heterocycles. The van der Waals surface area contributed by atoms with Gasteiger partial charge in [0.2, 0.25) is 0 Å². The highest BCUT2D eigenvalue weighted by molar-refractivity contribution is 7.91. The summed E-state index contributed by atoms with van der Waals surface area (Å²) in [4.78, 5) is 12.1. The van der Waals surface area contributed by atoms with Crippen LogP contribution in [-0.4, -0.2) is 29.6 Å². The number of sulfone groups is 1. The Bertz CT molecular complexity index is 1480. The van der Waals surface area contributed by atoms with Crippen LogP contribution >= 0.6 is 0 Å². The number of ether oxygens (including phenoxy) is 1. The van der Waals surface area contributed by atoms with Gasteiger partial charge in [-0.05, 0) is 47.5 Å². The summed E-state index contributed by atoms with van der Waals surface area (Å²) in [5.74, 6) is 1.19. The van der Waals surface area contributed by atoms with E-state index >= 15 is 0 Å². The minimum absolute atomic E-state index is 0.0695. The summed E-state index contributed by atoms with van der Waals surface area (Å²) in [7, 11) is -3.67. The van der Waals surface area contributed by atoms with E-state index in [1.807, 2.05) is 60.7 Å². The lowest BCUT2D eigenvalue weighted by Crippen LogP contribution is -2.04. The van der Waals surface area contributed by atoms with E-state index in [0.717, 1.165) is 16.6 Å². The normalized spacial score (nSPS) is 11.5. The number of pyridine rings is 1. The molecule has 2 heterocycles. The van der Waals surface area contributed by atoms with Crippen LogP contribution in [0.2, 0.25) is 0 Å². The topological polar surface area (TPSA) is 84.9 Å². The van der Waals surface area contributed by atoms with Gasteiger partial charge in [0, 0.05) is 18.0 Å². The van der Waals surface area contributed by atoms with Crippen LogP contribution in [0.1, 0.15) is 0 Å². The van der Waals surface area contributed by atoms with Crippen molar-refractivity contribution in [2.45, 2.75) is 4.90 Å². The van der Waals surface area contributed by atoms with E-state index < -0.39 is 9.84 Å². The number of para-hydroxylation sites is 1. The molecule has 0 aliphatic heterocycles. The first-order valence-electron chi connectivity index (χ1n) is 9.96. The summed E-state index contributed by atoms with van der Waals surface area (Å²) in [6.07, 6.45) is 2.82. The fraction of sp³-hybridized carbons (Fsp3) is 0.0400. The predicted molar refractivity (Wildman–Crippen MR) is 124 cm³/mol. The first kappa shape index (κ1) is 20.0. The summed E-state index contributed by atoms with van der Waals surface area (Å²) >= 11 is 0. The van der Waals surface area contributed by atoms with Crippen LogP contribution in [0, 0.1) is 0 Å². The van der Waals surface area contributed by atoms with Gasteiger partial charge in [-0.3, -0.25) is 0 Å². The summed E-state index contributed by atoms with van der Waals surface area (Å²) in [5, 5.41) is 0. The fourth-order valence-corrected chi connectivity index (χ4v) is 4.64. The molecular formula is C25H19N3O3S. The van der Waals surface area contributed by atoms with E-state index in [1.54, 1.807) is 30.5 Å². The molecule has 0 spiro atoms. The summed E-state index contributed by atoms with van der Waals surface area (Å²) in [6, 6.07) is 26.1. The number of benzene rings is 3. The zero-order valence-corrected chi connectivity index (χ0v) is 18.0. The van der Waals surface area contributed by atoms with Crippen LogP contribution in [0.3, 0.4) is 0 Å². The van der Waals surface area contributed by atoms with Gasteiger partial charge in [0.15, 0.2) is 15.5 Å². The molecule has 0 amide bonds. The summed E-state index contributed by atoms with van der Waals surface area (Å²) in [5.41, 5.74) is 3.40. The monoisotopic (exact) mass is 441 g/mol. The van der Waals surface area contributed by atoms with Gasteiger partial charge in [0.05, 0.1) is 5.52 Å². The first-order valence-corrected chi connectivity index (χ1v) is 11.9. The number of aromatic nitrogens is 3. The van der Waals surface area contributed by atoms with Crippen LogP contribution in [0.15, 0.2) is 96.0 Å². The van der Waals surface area contributed by atoms with Crippen molar-refractivity contribution in [3.8, 4) is 34.0 Å². The van der Waals surface area contributed by atoms with E-state index in [2.05, 4.69) is 15.0 Å². The molecule has 5 aromatic rings. The Kier molecular flexibility index (Phi) is 4.95. The molecule has 158 valence electrons. The Morgan fingerprint density at radius 1 is 0.844 bits per heavy atom. The third-order valence-corrected chi connectivity index (χ3v) is 6.18. The van der Waals surface area contributed by atoms with E-state index in [4.69, 9.17) is 4.74 Å². The van der Waals surface area contributed by atoms with E-state index in [-0.39, 0.29) is 10.6 Å². The molecule has 5 rings (SSSR count). The third-order valence-electron chi connectivity index (χ3n) is 5.02. The van der Waals surface area contributed by atoms with Gasteiger partial charge >= 0.3 is 0 Å². The molecule has 7 heteroatoms. The number of aromatic amines is 1. The lowest BCUT2D eigenvalue weighted by Gasteiger charge is -2.16. The molecule has 0 atom stereocenters. The van der Waals surface area contributed by atoms with E-state index in [1.165, 1.54) is 6.26 Å². The van der Waals surface area contributed by atoms with Crippen LogP contribution in [0.5, 0.6) is 11.5 Å². The van der Waals surface area contributed by atoms with Gasteiger partial charge in [-0.2, -0.15) is 0 Å². The number of imidazole rings is 1. The minimum atomic E-state index is -3.67. The van der Waals surface area contributed by atoms with Crippen molar-refractivity contribution in [3.63, 3.8) is 0 Å². The molecule has 0 saturated carbocycles. The highest BCUT2D eigenvalue weighted by atomic mass is 32.2. The highest BCUT2D eigenvalue weighted by Crippen LogP contribution is 2.40. The zero-order valence-electron chi connectivity index (χ0n) is 17.2. The van der Waals surface area contributed by atoms with Crippen molar-refractivity contribution < 1.29 is 13.2 Å². The average molecular weight is 442 g/mol. The smallest absolute Gasteiger partial charge is 0.179 e. The predicted octanol–water partition coefficient (Wildman–Crippen LogP) is 5.49. The quantitative estimate of drug-likeness (QED) is 0.390. The van der Waals surface area contributed by atoms with E-state index in [9.17, 15) is 8.42 Å². The molecule has 6 nitrogen and oxygen atoms in total. The number of rotatable bonds is 5. The number of nitrogens with zero attached hydrogens (tertiary/aromatic N) is 2. The zero-order chi connectivity index (χ0) is 22.1. The molecule has 0 bridgehead atoms. The van der Waals surface area contributed by atoms with Crippen LogP contribution < -0.4 is 4.74 Å². The Labute approximate surface area is 185 Å². The van der Waals surface area contributed by atoms with E-state index in [0.29, 0.717) is 22.8 Å². The van der Waals surface area contributed by atoms with Crippen LogP contribution in [0.25, 0.3) is 33.7 Å². The lowest BCUT2D eigenvalue weighted by atomic mass is 10.0. The average Bonchev–Trinajstić information content (AvgIpc) is 3.23. The van der Waals surface area contributed by atoms with Gasteiger partial charge in [0.1, 0.15) is 22.2 Å². The van der Waals surface area contributed by atoms with Crippen molar-refractivity contribution >= 4 is 21.0 Å². The first-order chi connectivity index (χ1) is 15.5. The number of hydrogen-bond acceptors (Lipinski definition) is 5. The SMILES string of the molecule is CS(=O)(=O)c1c(Oc2ccccc2)cc(-c2ccccc2)cc1-c1nc2ncccc2[nH]1. The maximum atomic E-state index is 13.0. The van der Waals surface area contributed by atoms with Crippen molar-refractivity contribution in [3.05, 3.63) is 91.1 Å². The second-order valence-corrected chi connectivity index (χ2v) is 9.32. The number of hydrogen-bond donors (Lipinski definition) is 1. The summed E-state index contributed by atoms with van der Waals surface area (Å²) < 4.78 is 32.0. The largest absolute Gasteiger partial charge is 0.456 e. The van der Waals surface area contributed by atoms with Gasteiger partial charge in [-0.15, -0.1) is 0 Å². The Morgan fingerprint density at radius 2 is 1.56 bits per heavy atom. The van der Waals surface area contributed by atoms with Gasteiger partial charge in [0.25, 0.3) is 0 Å². The Hall–Kier alpha value is -3.97. The summed E-state index contributed by atoms with van der Waals surface area (Å²) in [6.45, 7) is 0. The minimum Gasteiger partial charge on any atom is -0.456 e. The van der Waals surface area contributed by atoms with Gasteiger partial charge in [-0.25, -0.2) is 18.4 Å². The third kappa shape index (κ3) is 3.86. The lowest BCUT2D eigenvalue weighted by molar-refractivity contribution is 0.468. The molecule has 2 aromatic heterocycles. The number of nitrogens with one attached hydrogen (secondary N) is 1. The molecule has 1 N–H and O–H groups in total. The van der Waals surface area contributed by atoms with Crippen LogP contribution in [0.4, 0.5) is 0 Å². The molecule has 32 heavy (non-hydrogen) atoms. The standard InChI is InChI=1S/C25H19N3O3S/c1-32(29,30)23-20(24-27-21-13-8-14-26-25(21)28-24)15-18(17-9-4-2-5-10-17)16-22(23)31-19-11-6-3-7-12-19/h2-16H,1H3,(H,26,27,28). The molecule has 0 aliphatic rings. The molecule has 0 aliphatic carbocycles. The van der Waals surface area contributed by atoms with Crippen molar-refractivity contribution in [1.82, 2.24) is 15.0 Å². The second kappa shape index (κ2) is 7.94. The molecule has 0 radical (unpaired) electrons. The maximum Gasteiger partial charge on any atom is 0.179 e. The number of H-pyrrole nitrogens is 1. The highest BCUT2D eigenvalue weighted by Gasteiger charge is 2.25. The molecular weight excluding hydrogens is 422 g/mol. The Morgan fingerprint density at radius 3 is 2.25 bits per heavy atom. The maximum absolute atomic E-state index is 13.0. The number of fused-ring (bicyclic) bond motifs is 1. The fourth-order valence-electron chi connectivity index (χ4n) is 3.62. The van der Waals surface area contributed by atoms with Crippen molar-refractivity contribution in [2.75, 3.05) is 6.26 Å².